The monoisotopic (exact) mass is 199 g/mol. The summed E-state index contributed by atoms with van der Waals surface area (Å²) in [6, 6.07) is 1.57. The summed E-state index contributed by atoms with van der Waals surface area (Å²) in [4.78, 5) is 10.3. The van der Waals surface area contributed by atoms with Crippen LogP contribution in [0.3, 0.4) is 0 Å². The van der Waals surface area contributed by atoms with Crippen LogP contribution in [-0.2, 0) is 0 Å². The van der Waals surface area contributed by atoms with E-state index in [1.54, 1.807) is 19.9 Å². The van der Waals surface area contributed by atoms with Gasteiger partial charge in [0, 0.05) is 18.7 Å². The first-order valence-corrected chi connectivity index (χ1v) is 4.24. The smallest absolute Gasteiger partial charge is 0.404 e. The molecule has 6 heteroatoms. The predicted molar refractivity (Wildman–Crippen MR) is 50.4 cm³/mol. The number of rotatable bonds is 4. The highest BCUT2D eigenvalue weighted by atomic mass is 16.5. The third-order valence-electron chi connectivity index (χ3n) is 1.59. The molecule has 1 atom stereocenters. The molecule has 0 radical (unpaired) electrons. The van der Waals surface area contributed by atoms with Crippen LogP contribution in [0.15, 0.2) is 10.6 Å². The molecule has 3 N–H and O–H groups in total. The lowest BCUT2D eigenvalue weighted by Crippen LogP contribution is -2.36. The molecule has 0 saturated carbocycles. The number of nitrogens with zero attached hydrogens (tertiary/aromatic N) is 1. The van der Waals surface area contributed by atoms with Crippen molar-refractivity contribution in [2.45, 2.75) is 19.9 Å². The lowest BCUT2D eigenvalue weighted by Gasteiger charge is -2.10. The van der Waals surface area contributed by atoms with Crippen LogP contribution in [0.5, 0.6) is 0 Å². The van der Waals surface area contributed by atoms with E-state index in [2.05, 4.69) is 15.8 Å². The Bertz CT molecular complexity index is 311. The van der Waals surface area contributed by atoms with Crippen LogP contribution in [-0.4, -0.2) is 28.9 Å². The van der Waals surface area contributed by atoms with Gasteiger partial charge in [0.1, 0.15) is 5.76 Å². The van der Waals surface area contributed by atoms with Gasteiger partial charge in [0.15, 0.2) is 5.82 Å². The summed E-state index contributed by atoms with van der Waals surface area (Å²) in [5.74, 6) is 1.33. The Hall–Kier alpha value is -1.72. The molecule has 6 nitrogen and oxygen atoms in total. The van der Waals surface area contributed by atoms with E-state index in [1.165, 1.54) is 0 Å². The molecule has 0 bridgehead atoms. The third kappa shape index (κ3) is 3.34. The molecule has 0 fully saturated rings. The number of hydrogen-bond donors (Lipinski definition) is 3. The van der Waals surface area contributed by atoms with Crippen molar-refractivity contribution in [2.24, 2.45) is 0 Å². The van der Waals surface area contributed by atoms with Gasteiger partial charge in [0.05, 0.1) is 0 Å². The molecule has 1 rings (SSSR count). The number of hydrogen-bond acceptors (Lipinski definition) is 4. The molecule has 0 saturated heterocycles. The molecule has 0 aliphatic rings. The maximum absolute atomic E-state index is 10.3. The second kappa shape index (κ2) is 4.50. The Labute approximate surface area is 81.3 Å². The fourth-order valence-electron chi connectivity index (χ4n) is 0.969. The van der Waals surface area contributed by atoms with E-state index < -0.39 is 6.09 Å². The fourth-order valence-corrected chi connectivity index (χ4v) is 0.969. The molecule has 0 aliphatic carbocycles. The third-order valence-corrected chi connectivity index (χ3v) is 1.59. The SMILES string of the molecule is Cc1cc(NC[C@H](C)NC(=O)O)no1. The lowest BCUT2D eigenvalue weighted by molar-refractivity contribution is 0.191. The Kier molecular flexibility index (Phi) is 3.33. The minimum atomic E-state index is -1.03. The Morgan fingerprint density at radius 3 is 3.00 bits per heavy atom. The maximum atomic E-state index is 10.3. The van der Waals surface area contributed by atoms with Crippen molar-refractivity contribution in [2.75, 3.05) is 11.9 Å². The Morgan fingerprint density at radius 2 is 2.50 bits per heavy atom. The summed E-state index contributed by atoms with van der Waals surface area (Å²) in [5.41, 5.74) is 0. The molecule has 0 unspecified atom stereocenters. The topological polar surface area (TPSA) is 87.4 Å². The standard InChI is InChI=1S/C8H13N3O3/c1-5(10-8(12)13)4-9-7-3-6(2)14-11-7/h3,5,10H,4H2,1-2H3,(H,9,11)(H,12,13)/t5-/m0/s1. The summed E-state index contributed by atoms with van der Waals surface area (Å²) in [6.07, 6.45) is -1.03. The van der Waals surface area contributed by atoms with E-state index >= 15 is 0 Å². The Balaban J connectivity index is 2.30. The zero-order valence-corrected chi connectivity index (χ0v) is 8.07. The average Bonchev–Trinajstić information content (AvgIpc) is 2.47. The van der Waals surface area contributed by atoms with Crippen LogP contribution in [0.2, 0.25) is 0 Å². The maximum Gasteiger partial charge on any atom is 0.404 e. The molecular formula is C8H13N3O3. The summed E-state index contributed by atoms with van der Waals surface area (Å²) >= 11 is 0. The van der Waals surface area contributed by atoms with Gasteiger partial charge in [0.2, 0.25) is 0 Å². The summed E-state index contributed by atoms with van der Waals surface area (Å²) in [7, 11) is 0. The van der Waals surface area contributed by atoms with Gasteiger partial charge in [-0.3, -0.25) is 0 Å². The van der Waals surface area contributed by atoms with Crippen molar-refractivity contribution in [3.8, 4) is 0 Å². The first-order valence-electron chi connectivity index (χ1n) is 4.24. The summed E-state index contributed by atoms with van der Waals surface area (Å²) in [6.45, 7) is 4.02. The average molecular weight is 199 g/mol. The Morgan fingerprint density at radius 1 is 1.79 bits per heavy atom. The van der Waals surface area contributed by atoms with Gasteiger partial charge in [-0.1, -0.05) is 5.16 Å². The zero-order chi connectivity index (χ0) is 10.6. The second-order valence-corrected chi connectivity index (χ2v) is 3.05. The van der Waals surface area contributed by atoms with E-state index in [4.69, 9.17) is 9.63 Å². The van der Waals surface area contributed by atoms with Gasteiger partial charge < -0.3 is 20.3 Å². The number of nitrogens with one attached hydrogen (secondary N) is 2. The van der Waals surface area contributed by atoms with Crippen LogP contribution in [0.4, 0.5) is 10.6 Å². The van der Waals surface area contributed by atoms with Crippen molar-refractivity contribution in [3.63, 3.8) is 0 Å². The summed E-state index contributed by atoms with van der Waals surface area (Å²) < 4.78 is 4.83. The largest absolute Gasteiger partial charge is 0.465 e. The highest BCUT2D eigenvalue weighted by Crippen LogP contribution is 2.06. The van der Waals surface area contributed by atoms with E-state index in [0.717, 1.165) is 0 Å². The highest BCUT2D eigenvalue weighted by molar-refractivity contribution is 5.64. The quantitative estimate of drug-likeness (QED) is 0.674. The molecule has 0 aromatic carbocycles. The normalized spacial score (nSPS) is 12.1. The minimum absolute atomic E-state index is 0.176. The first kappa shape index (κ1) is 10.4. The van der Waals surface area contributed by atoms with E-state index in [9.17, 15) is 4.79 Å². The first-order chi connectivity index (χ1) is 6.58. The van der Waals surface area contributed by atoms with E-state index in [1.807, 2.05) is 0 Å². The summed E-state index contributed by atoms with van der Waals surface area (Å²) in [5, 5.41) is 17.4. The van der Waals surface area contributed by atoms with Crippen molar-refractivity contribution in [3.05, 3.63) is 11.8 Å². The van der Waals surface area contributed by atoms with Crippen LogP contribution in [0.1, 0.15) is 12.7 Å². The molecule has 0 spiro atoms. The number of carboxylic acid groups (broad SMARTS) is 1. The van der Waals surface area contributed by atoms with Gasteiger partial charge in [-0.2, -0.15) is 0 Å². The van der Waals surface area contributed by atoms with Gasteiger partial charge in [0.25, 0.3) is 0 Å². The molecule has 0 aliphatic heterocycles. The van der Waals surface area contributed by atoms with Crippen LogP contribution >= 0.6 is 0 Å². The second-order valence-electron chi connectivity index (χ2n) is 3.05. The molecule has 14 heavy (non-hydrogen) atoms. The molecule has 1 aromatic rings. The molecule has 78 valence electrons. The number of anilines is 1. The predicted octanol–water partition coefficient (Wildman–Crippen LogP) is 1.05. The van der Waals surface area contributed by atoms with Crippen molar-refractivity contribution in [1.29, 1.82) is 0 Å². The number of carbonyl (C=O) groups is 1. The van der Waals surface area contributed by atoms with Crippen LogP contribution in [0.25, 0.3) is 0 Å². The van der Waals surface area contributed by atoms with Crippen molar-refractivity contribution >= 4 is 11.9 Å². The molecule has 1 aromatic heterocycles. The van der Waals surface area contributed by atoms with Gasteiger partial charge >= 0.3 is 6.09 Å². The van der Waals surface area contributed by atoms with Gasteiger partial charge in [-0.15, -0.1) is 0 Å². The molecule has 1 amide bonds. The van der Waals surface area contributed by atoms with E-state index in [0.29, 0.717) is 18.1 Å². The highest BCUT2D eigenvalue weighted by Gasteiger charge is 2.05. The van der Waals surface area contributed by atoms with Crippen molar-refractivity contribution < 1.29 is 14.4 Å². The number of amides is 1. The number of aryl methyl sites for hydroxylation is 1. The van der Waals surface area contributed by atoms with E-state index in [-0.39, 0.29) is 6.04 Å². The lowest BCUT2D eigenvalue weighted by atomic mass is 10.3. The molecular weight excluding hydrogens is 186 g/mol. The van der Waals surface area contributed by atoms with Gasteiger partial charge in [-0.25, -0.2) is 4.79 Å². The van der Waals surface area contributed by atoms with Crippen molar-refractivity contribution in [1.82, 2.24) is 10.5 Å². The molecule has 1 heterocycles. The minimum Gasteiger partial charge on any atom is -0.465 e. The zero-order valence-electron chi connectivity index (χ0n) is 8.07. The number of aromatic nitrogens is 1. The fraction of sp³-hybridized carbons (Fsp3) is 0.500. The van der Waals surface area contributed by atoms with Gasteiger partial charge in [-0.05, 0) is 13.8 Å². The van der Waals surface area contributed by atoms with Crippen LogP contribution in [0, 0.1) is 6.92 Å². The van der Waals surface area contributed by atoms with Crippen LogP contribution < -0.4 is 10.6 Å².